The maximum atomic E-state index is 12.0. The van der Waals surface area contributed by atoms with E-state index in [0.29, 0.717) is 30.3 Å². The fraction of sp³-hybridized carbons (Fsp3) is 0.462. The van der Waals surface area contributed by atoms with Crippen molar-refractivity contribution in [2.24, 2.45) is 0 Å². The number of halogens is 1. The van der Waals surface area contributed by atoms with Gasteiger partial charge in [0.1, 0.15) is 11.7 Å². The molecule has 0 saturated carbocycles. The monoisotopic (exact) mass is 313 g/mol. The summed E-state index contributed by atoms with van der Waals surface area (Å²) in [5.41, 5.74) is 0.266. The van der Waals surface area contributed by atoms with Crippen LogP contribution in [0.5, 0.6) is 0 Å². The highest BCUT2D eigenvalue weighted by atomic mass is 35.5. The lowest BCUT2D eigenvalue weighted by molar-refractivity contribution is -0.384. The topological polar surface area (TPSA) is 84.7 Å². The lowest BCUT2D eigenvalue weighted by atomic mass is 10.1. The Labute approximate surface area is 127 Å². The number of piperazine rings is 1. The standard InChI is InChI=1S/C13H16ClN3O4/c1-2-21-13(18)12-8-15-5-6-16(12)11-7-9(14)3-4-10(11)17(19)20/h3-4,7,12,15H,2,5-6,8H2,1H3. The lowest BCUT2D eigenvalue weighted by Crippen LogP contribution is -2.55. The van der Waals surface area contributed by atoms with Gasteiger partial charge in [-0.25, -0.2) is 4.79 Å². The molecule has 1 aromatic carbocycles. The van der Waals surface area contributed by atoms with E-state index in [2.05, 4.69) is 5.32 Å². The molecule has 1 atom stereocenters. The maximum absolute atomic E-state index is 12.0. The zero-order valence-electron chi connectivity index (χ0n) is 11.5. The van der Waals surface area contributed by atoms with Crippen molar-refractivity contribution in [2.75, 3.05) is 31.1 Å². The molecule has 114 valence electrons. The molecular weight excluding hydrogens is 298 g/mol. The second-order valence-electron chi connectivity index (χ2n) is 4.56. The second-order valence-corrected chi connectivity index (χ2v) is 4.99. The van der Waals surface area contributed by atoms with Crippen LogP contribution in [-0.2, 0) is 9.53 Å². The van der Waals surface area contributed by atoms with Gasteiger partial charge in [0.25, 0.3) is 5.69 Å². The van der Waals surface area contributed by atoms with Crippen LogP contribution in [0.15, 0.2) is 18.2 Å². The summed E-state index contributed by atoms with van der Waals surface area (Å²) in [6.07, 6.45) is 0. The van der Waals surface area contributed by atoms with Crippen molar-refractivity contribution in [3.8, 4) is 0 Å². The van der Waals surface area contributed by atoms with Crippen molar-refractivity contribution in [3.05, 3.63) is 33.3 Å². The molecule has 1 saturated heterocycles. The van der Waals surface area contributed by atoms with Gasteiger partial charge >= 0.3 is 5.97 Å². The van der Waals surface area contributed by atoms with E-state index in [4.69, 9.17) is 16.3 Å². The molecule has 1 unspecified atom stereocenters. The number of carbonyl (C=O) groups is 1. The molecule has 0 aliphatic carbocycles. The van der Waals surface area contributed by atoms with Crippen LogP contribution in [0.3, 0.4) is 0 Å². The molecule has 0 aromatic heterocycles. The highest BCUT2D eigenvalue weighted by Gasteiger charge is 2.33. The van der Waals surface area contributed by atoms with Gasteiger partial charge in [0.05, 0.1) is 11.5 Å². The molecule has 7 nitrogen and oxygen atoms in total. The number of nitro groups is 1. The fourth-order valence-electron chi connectivity index (χ4n) is 2.32. The normalized spacial score (nSPS) is 18.4. The fourth-order valence-corrected chi connectivity index (χ4v) is 2.49. The van der Waals surface area contributed by atoms with Gasteiger partial charge in [0.2, 0.25) is 0 Å². The number of hydrogen-bond donors (Lipinski definition) is 1. The Kier molecular flexibility index (Phi) is 4.98. The number of anilines is 1. The Bertz CT molecular complexity index is 552. The third-order valence-electron chi connectivity index (χ3n) is 3.25. The SMILES string of the molecule is CCOC(=O)C1CNCCN1c1cc(Cl)ccc1[N+](=O)[O-]. The second kappa shape index (κ2) is 6.73. The Morgan fingerprint density at radius 2 is 2.38 bits per heavy atom. The van der Waals surface area contributed by atoms with Crippen molar-refractivity contribution in [1.29, 1.82) is 0 Å². The van der Waals surface area contributed by atoms with Crippen molar-refractivity contribution in [2.45, 2.75) is 13.0 Å². The van der Waals surface area contributed by atoms with Gasteiger partial charge in [0, 0.05) is 30.7 Å². The molecule has 1 heterocycles. The van der Waals surface area contributed by atoms with Crippen LogP contribution in [0.2, 0.25) is 5.02 Å². The summed E-state index contributed by atoms with van der Waals surface area (Å²) in [5.74, 6) is -0.404. The first-order valence-corrected chi connectivity index (χ1v) is 7.00. The van der Waals surface area contributed by atoms with E-state index >= 15 is 0 Å². The Morgan fingerprint density at radius 3 is 3.05 bits per heavy atom. The summed E-state index contributed by atoms with van der Waals surface area (Å²) in [5, 5.41) is 14.7. The minimum Gasteiger partial charge on any atom is -0.464 e. The summed E-state index contributed by atoms with van der Waals surface area (Å²) in [6, 6.07) is 3.72. The molecule has 2 rings (SSSR count). The summed E-state index contributed by atoms with van der Waals surface area (Å²) in [6.45, 7) is 3.45. The first-order chi connectivity index (χ1) is 10.0. The number of benzene rings is 1. The Hall–Kier alpha value is -1.86. The predicted octanol–water partition coefficient (Wildman–Crippen LogP) is 1.59. The number of carbonyl (C=O) groups excluding carboxylic acids is 1. The summed E-state index contributed by atoms with van der Waals surface area (Å²) in [4.78, 5) is 24.4. The summed E-state index contributed by atoms with van der Waals surface area (Å²) in [7, 11) is 0. The van der Waals surface area contributed by atoms with Gasteiger partial charge in [-0.2, -0.15) is 0 Å². The van der Waals surface area contributed by atoms with Crippen molar-refractivity contribution in [3.63, 3.8) is 0 Å². The minimum absolute atomic E-state index is 0.0735. The van der Waals surface area contributed by atoms with Gasteiger partial charge in [0.15, 0.2) is 0 Å². The highest BCUT2D eigenvalue weighted by molar-refractivity contribution is 6.31. The molecule has 1 aliphatic rings. The van der Waals surface area contributed by atoms with E-state index in [1.807, 2.05) is 0 Å². The highest BCUT2D eigenvalue weighted by Crippen LogP contribution is 2.33. The van der Waals surface area contributed by atoms with Gasteiger partial charge in [-0.05, 0) is 19.1 Å². The molecule has 1 N–H and O–H groups in total. The number of nitrogens with zero attached hydrogens (tertiary/aromatic N) is 2. The van der Waals surface area contributed by atoms with E-state index < -0.39 is 16.9 Å². The van der Waals surface area contributed by atoms with Crippen LogP contribution in [0.25, 0.3) is 0 Å². The van der Waals surface area contributed by atoms with Crippen molar-refractivity contribution < 1.29 is 14.5 Å². The van der Waals surface area contributed by atoms with Crippen molar-refractivity contribution >= 4 is 28.9 Å². The van der Waals surface area contributed by atoms with E-state index in [0.717, 1.165) is 0 Å². The van der Waals surface area contributed by atoms with Crippen LogP contribution < -0.4 is 10.2 Å². The maximum Gasteiger partial charge on any atom is 0.330 e. The van der Waals surface area contributed by atoms with Crippen LogP contribution in [-0.4, -0.2) is 43.2 Å². The Morgan fingerprint density at radius 1 is 1.62 bits per heavy atom. The third-order valence-corrected chi connectivity index (χ3v) is 3.48. The first-order valence-electron chi connectivity index (χ1n) is 6.62. The van der Waals surface area contributed by atoms with Gasteiger partial charge in [-0.15, -0.1) is 0 Å². The van der Waals surface area contributed by atoms with Gasteiger partial charge in [-0.1, -0.05) is 11.6 Å². The van der Waals surface area contributed by atoms with E-state index in [-0.39, 0.29) is 12.3 Å². The summed E-state index contributed by atoms with van der Waals surface area (Å²) < 4.78 is 5.04. The zero-order valence-corrected chi connectivity index (χ0v) is 12.3. The zero-order chi connectivity index (χ0) is 15.4. The predicted molar refractivity (Wildman–Crippen MR) is 78.7 cm³/mol. The Balaban J connectivity index is 2.39. The van der Waals surface area contributed by atoms with E-state index in [1.165, 1.54) is 18.2 Å². The molecule has 1 fully saturated rings. The first kappa shape index (κ1) is 15.5. The molecule has 8 heteroatoms. The number of nitro benzene ring substituents is 1. The molecule has 0 bridgehead atoms. The van der Waals surface area contributed by atoms with E-state index in [1.54, 1.807) is 11.8 Å². The number of esters is 1. The quantitative estimate of drug-likeness (QED) is 0.516. The molecule has 0 amide bonds. The average molecular weight is 314 g/mol. The molecule has 1 aromatic rings. The van der Waals surface area contributed by atoms with Crippen LogP contribution in [0.4, 0.5) is 11.4 Å². The lowest BCUT2D eigenvalue weighted by Gasteiger charge is -2.35. The van der Waals surface area contributed by atoms with Gasteiger partial charge < -0.3 is 15.0 Å². The molecule has 0 radical (unpaired) electrons. The molecule has 1 aliphatic heterocycles. The molecule has 0 spiro atoms. The summed E-state index contributed by atoms with van der Waals surface area (Å²) >= 11 is 5.95. The van der Waals surface area contributed by atoms with E-state index in [9.17, 15) is 14.9 Å². The van der Waals surface area contributed by atoms with Gasteiger partial charge in [-0.3, -0.25) is 10.1 Å². The number of hydrogen-bond acceptors (Lipinski definition) is 6. The minimum atomic E-state index is -0.601. The smallest absolute Gasteiger partial charge is 0.330 e. The number of ether oxygens (including phenoxy) is 1. The molecule has 21 heavy (non-hydrogen) atoms. The number of nitrogens with one attached hydrogen (secondary N) is 1. The van der Waals surface area contributed by atoms with Crippen LogP contribution in [0.1, 0.15) is 6.92 Å². The average Bonchev–Trinajstić information content (AvgIpc) is 2.47. The molecular formula is C13H16ClN3O4. The third kappa shape index (κ3) is 3.43. The largest absolute Gasteiger partial charge is 0.464 e. The van der Waals surface area contributed by atoms with Crippen LogP contribution >= 0.6 is 11.6 Å². The van der Waals surface area contributed by atoms with Crippen LogP contribution in [0, 0.1) is 10.1 Å². The number of rotatable bonds is 4. The van der Waals surface area contributed by atoms with Crippen molar-refractivity contribution in [1.82, 2.24) is 5.32 Å².